The fraction of sp³-hybridized carbons (Fsp3) is 0.688. The molecule has 2 rings (SSSR count). The first-order chi connectivity index (χ1) is 9.95. The van der Waals surface area contributed by atoms with Gasteiger partial charge in [0.1, 0.15) is 5.82 Å². The molecule has 0 spiro atoms. The van der Waals surface area contributed by atoms with Crippen molar-refractivity contribution in [1.82, 2.24) is 14.9 Å². The first-order valence-electron chi connectivity index (χ1n) is 7.81. The fourth-order valence-corrected chi connectivity index (χ4v) is 2.89. The van der Waals surface area contributed by atoms with Crippen LogP contribution in [-0.4, -0.2) is 40.4 Å². The van der Waals surface area contributed by atoms with E-state index in [2.05, 4.69) is 29.1 Å². The van der Waals surface area contributed by atoms with Gasteiger partial charge in [-0.3, -0.25) is 4.79 Å². The summed E-state index contributed by atoms with van der Waals surface area (Å²) < 4.78 is 0. The number of hydrogen-bond acceptors (Lipinski definition) is 4. The van der Waals surface area contributed by atoms with Crippen LogP contribution in [0.15, 0.2) is 6.20 Å². The van der Waals surface area contributed by atoms with Crippen LogP contribution in [0, 0.1) is 5.92 Å². The number of nitrogens with zero attached hydrogens (tertiary/aromatic N) is 3. The van der Waals surface area contributed by atoms with Crippen LogP contribution in [-0.2, 0) is 0 Å². The summed E-state index contributed by atoms with van der Waals surface area (Å²) in [6.45, 7) is 9.25. The van der Waals surface area contributed by atoms with Crippen molar-refractivity contribution in [2.75, 3.05) is 18.9 Å². The minimum atomic E-state index is 0.0276. The summed E-state index contributed by atoms with van der Waals surface area (Å²) >= 11 is 0. The molecule has 1 aromatic heterocycles. The molecule has 1 unspecified atom stereocenters. The van der Waals surface area contributed by atoms with E-state index in [1.807, 2.05) is 18.7 Å². The average molecular weight is 290 g/mol. The van der Waals surface area contributed by atoms with E-state index in [0.29, 0.717) is 23.3 Å². The molecule has 1 N–H and O–H groups in total. The van der Waals surface area contributed by atoms with Crippen molar-refractivity contribution in [1.29, 1.82) is 0 Å². The van der Waals surface area contributed by atoms with Gasteiger partial charge in [-0.2, -0.15) is 0 Å². The lowest BCUT2D eigenvalue weighted by atomic mass is 10.0. The molecule has 1 aliphatic rings. The third kappa shape index (κ3) is 3.17. The Hall–Kier alpha value is -1.65. The second kappa shape index (κ2) is 6.41. The highest BCUT2D eigenvalue weighted by Gasteiger charge is 2.33. The van der Waals surface area contributed by atoms with E-state index in [0.717, 1.165) is 25.2 Å². The van der Waals surface area contributed by atoms with Crippen molar-refractivity contribution < 1.29 is 4.79 Å². The molecular formula is C16H26N4O. The van der Waals surface area contributed by atoms with Crippen LogP contribution >= 0.6 is 0 Å². The minimum Gasteiger partial charge on any atom is -0.385 e. The number of aromatic nitrogens is 2. The van der Waals surface area contributed by atoms with E-state index in [-0.39, 0.29) is 11.8 Å². The predicted molar refractivity (Wildman–Crippen MR) is 84.6 cm³/mol. The van der Waals surface area contributed by atoms with Gasteiger partial charge in [-0.05, 0) is 18.8 Å². The Balaban J connectivity index is 2.35. The molecule has 116 valence electrons. The number of nitrogens with one attached hydrogen (secondary N) is 1. The zero-order valence-corrected chi connectivity index (χ0v) is 13.7. The molecule has 5 heteroatoms. The van der Waals surface area contributed by atoms with E-state index in [4.69, 9.17) is 0 Å². The normalized spacial score (nSPS) is 18.6. The van der Waals surface area contributed by atoms with Crippen LogP contribution < -0.4 is 5.32 Å². The van der Waals surface area contributed by atoms with E-state index >= 15 is 0 Å². The van der Waals surface area contributed by atoms with Gasteiger partial charge in [-0.15, -0.1) is 0 Å². The van der Waals surface area contributed by atoms with Crippen molar-refractivity contribution in [2.24, 2.45) is 5.92 Å². The molecule has 1 aromatic rings. The largest absolute Gasteiger partial charge is 0.385 e. The molecule has 1 amide bonds. The monoisotopic (exact) mass is 290 g/mol. The van der Waals surface area contributed by atoms with Crippen LogP contribution in [0.1, 0.15) is 62.8 Å². The number of rotatable bonds is 4. The molecule has 0 saturated carbocycles. The Labute approximate surface area is 127 Å². The van der Waals surface area contributed by atoms with E-state index in [1.54, 1.807) is 13.2 Å². The highest BCUT2D eigenvalue weighted by atomic mass is 16.2. The van der Waals surface area contributed by atoms with Crippen molar-refractivity contribution in [2.45, 2.75) is 52.5 Å². The van der Waals surface area contributed by atoms with Gasteiger partial charge in [-0.25, -0.2) is 9.97 Å². The van der Waals surface area contributed by atoms with Gasteiger partial charge < -0.3 is 10.2 Å². The molecule has 1 fully saturated rings. The minimum absolute atomic E-state index is 0.0276. The Morgan fingerprint density at radius 2 is 2.10 bits per heavy atom. The molecular weight excluding hydrogens is 264 g/mol. The zero-order chi connectivity index (χ0) is 15.6. The summed E-state index contributed by atoms with van der Waals surface area (Å²) in [6.07, 6.45) is 3.88. The number of carbonyl (C=O) groups excluding carboxylic acids is 1. The second-order valence-electron chi connectivity index (χ2n) is 6.35. The van der Waals surface area contributed by atoms with Crippen LogP contribution in [0.5, 0.6) is 0 Å². The van der Waals surface area contributed by atoms with Gasteiger partial charge in [0, 0.05) is 25.6 Å². The van der Waals surface area contributed by atoms with Crippen molar-refractivity contribution in [3.8, 4) is 0 Å². The van der Waals surface area contributed by atoms with Crippen LogP contribution in [0.25, 0.3) is 0 Å². The molecule has 1 saturated heterocycles. The third-order valence-corrected chi connectivity index (χ3v) is 4.13. The molecule has 1 atom stereocenters. The molecule has 2 heterocycles. The molecule has 0 aliphatic carbocycles. The van der Waals surface area contributed by atoms with Crippen molar-refractivity contribution in [3.05, 3.63) is 17.7 Å². The smallest absolute Gasteiger partial charge is 0.275 e. The number of amides is 1. The lowest BCUT2D eigenvalue weighted by molar-refractivity contribution is 0.0696. The molecule has 0 aromatic carbocycles. The molecule has 0 radical (unpaired) electrons. The lowest BCUT2D eigenvalue weighted by Crippen LogP contribution is -2.39. The van der Waals surface area contributed by atoms with Gasteiger partial charge in [0.2, 0.25) is 0 Å². The highest BCUT2D eigenvalue weighted by molar-refractivity contribution is 5.97. The SMILES string of the molecule is CNc1cnc(C(C)C)nc1C(=O)N1CCCC1C(C)C. The van der Waals surface area contributed by atoms with Crippen LogP contribution in [0.3, 0.4) is 0 Å². The van der Waals surface area contributed by atoms with E-state index < -0.39 is 0 Å². The summed E-state index contributed by atoms with van der Waals surface area (Å²) in [5, 5.41) is 3.04. The maximum Gasteiger partial charge on any atom is 0.275 e. The fourth-order valence-electron chi connectivity index (χ4n) is 2.89. The Kier molecular flexibility index (Phi) is 4.80. The molecule has 21 heavy (non-hydrogen) atoms. The maximum atomic E-state index is 12.9. The van der Waals surface area contributed by atoms with Crippen LogP contribution in [0.4, 0.5) is 5.69 Å². The lowest BCUT2D eigenvalue weighted by Gasteiger charge is -2.28. The maximum absolute atomic E-state index is 12.9. The van der Waals surface area contributed by atoms with Gasteiger partial charge >= 0.3 is 0 Å². The summed E-state index contributed by atoms with van der Waals surface area (Å²) in [7, 11) is 1.80. The summed E-state index contributed by atoms with van der Waals surface area (Å²) in [5.74, 6) is 1.43. The topological polar surface area (TPSA) is 58.1 Å². The first kappa shape index (κ1) is 15.7. The van der Waals surface area contributed by atoms with Gasteiger partial charge in [0.25, 0.3) is 5.91 Å². The third-order valence-electron chi connectivity index (χ3n) is 4.13. The van der Waals surface area contributed by atoms with E-state index in [9.17, 15) is 4.79 Å². The molecule has 5 nitrogen and oxygen atoms in total. The number of anilines is 1. The number of likely N-dealkylation sites (tertiary alicyclic amines) is 1. The Morgan fingerprint density at radius 3 is 2.67 bits per heavy atom. The number of carbonyl (C=O) groups is 1. The average Bonchev–Trinajstić information content (AvgIpc) is 2.95. The summed E-state index contributed by atoms with van der Waals surface area (Å²) in [5.41, 5.74) is 1.21. The quantitative estimate of drug-likeness (QED) is 0.926. The Bertz CT molecular complexity index is 513. The molecule has 1 aliphatic heterocycles. The highest BCUT2D eigenvalue weighted by Crippen LogP contribution is 2.27. The standard InChI is InChI=1S/C16H26N4O/c1-10(2)13-7-6-8-20(13)16(21)14-12(17-5)9-18-15(19-14)11(3)4/h9-11,13,17H,6-8H2,1-5H3. The first-order valence-corrected chi connectivity index (χ1v) is 7.81. The van der Waals surface area contributed by atoms with Crippen LogP contribution in [0.2, 0.25) is 0 Å². The Morgan fingerprint density at radius 1 is 1.38 bits per heavy atom. The summed E-state index contributed by atoms with van der Waals surface area (Å²) in [6, 6.07) is 0.319. The summed E-state index contributed by atoms with van der Waals surface area (Å²) in [4.78, 5) is 23.7. The number of hydrogen-bond donors (Lipinski definition) is 1. The van der Waals surface area contributed by atoms with Gasteiger partial charge in [0.05, 0.1) is 11.9 Å². The molecule has 0 bridgehead atoms. The van der Waals surface area contributed by atoms with Crippen molar-refractivity contribution >= 4 is 11.6 Å². The van der Waals surface area contributed by atoms with Gasteiger partial charge in [-0.1, -0.05) is 27.7 Å². The van der Waals surface area contributed by atoms with Crippen molar-refractivity contribution in [3.63, 3.8) is 0 Å². The zero-order valence-electron chi connectivity index (χ0n) is 13.7. The second-order valence-corrected chi connectivity index (χ2v) is 6.35. The van der Waals surface area contributed by atoms with Gasteiger partial charge in [0.15, 0.2) is 5.69 Å². The van der Waals surface area contributed by atoms with E-state index in [1.165, 1.54) is 0 Å². The predicted octanol–water partition coefficient (Wildman–Crippen LogP) is 2.90.